The molecule has 0 radical (unpaired) electrons. The van der Waals surface area contributed by atoms with Gasteiger partial charge in [-0.05, 0) is 74.2 Å². The van der Waals surface area contributed by atoms with Crippen LogP contribution in [-0.4, -0.2) is 38.2 Å². The van der Waals surface area contributed by atoms with E-state index in [0.717, 1.165) is 42.9 Å². The van der Waals surface area contributed by atoms with Gasteiger partial charge in [0.1, 0.15) is 11.5 Å². The van der Waals surface area contributed by atoms with Gasteiger partial charge in [0, 0.05) is 24.3 Å². The van der Waals surface area contributed by atoms with Crippen molar-refractivity contribution in [2.75, 3.05) is 19.5 Å². The summed E-state index contributed by atoms with van der Waals surface area (Å²) in [5.41, 5.74) is 1.33. The zero-order chi connectivity index (χ0) is 20.6. The molecule has 0 unspecified atom stereocenters. The summed E-state index contributed by atoms with van der Waals surface area (Å²) in [6, 6.07) is 14.3. The fourth-order valence-corrected chi connectivity index (χ4v) is 3.37. The number of carbonyl (C=O) groups is 2. The number of methoxy groups -OCH3 is 1. The highest BCUT2D eigenvalue weighted by molar-refractivity contribution is 5.94. The summed E-state index contributed by atoms with van der Waals surface area (Å²) in [6.45, 7) is 0. The maximum absolute atomic E-state index is 12.2. The number of benzene rings is 2. The molecule has 3 rings (SSSR count). The van der Waals surface area contributed by atoms with Crippen LogP contribution in [0.2, 0.25) is 0 Å². The molecule has 0 heterocycles. The van der Waals surface area contributed by atoms with Crippen LogP contribution in [0.25, 0.3) is 0 Å². The van der Waals surface area contributed by atoms with E-state index in [2.05, 4.69) is 16.0 Å². The van der Waals surface area contributed by atoms with Crippen LogP contribution in [0.4, 0.5) is 10.5 Å². The lowest BCUT2D eigenvalue weighted by Crippen LogP contribution is -2.41. The van der Waals surface area contributed by atoms with Crippen molar-refractivity contribution >= 4 is 17.6 Å². The van der Waals surface area contributed by atoms with Crippen molar-refractivity contribution < 1.29 is 19.1 Å². The van der Waals surface area contributed by atoms with Gasteiger partial charge in [0.15, 0.2) is 0 Å². The van der Waals surface area contributed by atoms with Crippen LogP contribution in [0.3, 0.4) is 0 Å². The molecule has 2 aromatic carbocycles. The van der Waals surface area contributed by atoms with Crippen LogP contribution in [0.1, 0.15) is 36.0 Å². The highest BCUT2D eigenvalue weighted by Crippen LogP contribution is 2.24. The summed E-state index contributed by atoms with van der Waals surface area (Å²) >= 11 is 0. The van der Waals surface area contributed by atoms with E-state index in [0.29, 0.717) is 5.56 Å². The van der Waals surface area contributed by atoms with Crippen LogP contribution in [-0.2, 0) is 0 Å². The van der Waals surface area contributed by atoms with Crippen molar-refractivity contribution in [2.24, 2.45) is 0 Å². The average Bonchev–Trinajstić information content (AvgIpc) is 2.75. The number of hydrogen-bond acceptors (Lipinski definition) is 4. The second kappa shape index (κ2) is 9.82. The fourth-order valence-electron chi connectivity index (χ4n) is 3.37. The van der Waals surface area contributed by atoms with Gasteiger partial charge in [-0.25, -0.2) is 4.79 Å². The minimum absolute atomic E-state index is 0.114. The van der Waals surface area contributed by atoms with Gasteiger partial charge in [0.25, 0.3) is 5.91 Å². The first-order valence-electron chi connectivity index (χ1n) is 9.77. The summed E-state index contributed by atoms with van der Waals surface area (Å²) in [7, 11) is 3.21. The zero-order valence-corrected chi connectivity index (χ0v) is 16.7. The summed E-state index contributed by atoms with van der Waals surface area (Å²) < 4.78 is 11.1. The molecule has 3 N–H and O–H groups in total. The molecule has 7 heteroatoms. The van der Waals surface area contributed by atoms with E-state index in [1.165, 1.54) is 0 Å². The first-order chi connectivity index (χ1) is 14.1. The Labute approximate surface area is 170 Å². The van der Waals surface area contributed by atoms with Gasteiger partial charge in [-0.2, -0.15) is 0 Å². The Kier molecular flexibility index (Phi) is 6.94. The molecule has 1 aliphatic carbocycles. The number of rotatable bonds is 6. The molecular formula is C22H27N3O4. The van der Waals surface area contributed by atoms with Crippen LogP contribution in [0, 0.1) is 0 Å². The Hall–Kier alpha value is -3.22. The van der Waals surface area contributed by atoms with Crippen molar-refractivity contribution in [1.29, 1.82) is 0 Å². The average molecular weight is 397 g/mol. The van der Waals surface area contributed by atoms with E-state index in [1.807, 2.05) is 12.1 Å². The standard InChI is InChI=1S/C22H27N3O4/c1-23-21(26)15-3-9-19(10-4-15)29-20-13-7-17(8-14-20)25-22(27)24-16-5-11-18(28-2)12-6-16/h3-6,9-12,17,20H,7-8,13-14H2,1-2H3,(H,23,26)(H2,24,25,27). The summed E-state index contributed by atoms with van der Waals surface area (Å²) in [5, 5.41) is 8.46. The number of hydrogen-bond donors (Lipinski definition) is 3. The van der Waals surface area contributed by atoms with Gasteiger partial charge in [0.05, 0.1) is 13.2 Å². The van der Waals surface area contributed by atoms with Crippen LogP contribution < -0.4 is 25.4 Å². The Morgan fingerprint density at radius 1 is 0.897 bits per heavy atom. The summed E-state index contributed by atoms with van der Waals surface area (Å²) in [5.74, 6) is 1.39. The molecule has 0 spiro atoms. The van der Waals surface area contributed by atoms with Crippen LogP contribution in [0.15, 0.2) is 48.5 Å². The van der Waals surface area contributed by atoms with E-state index in [4.69, 9.17) is 9.47 Å². The molecule has 1 aliphatic rings. The Bertz CT molecular complexity index is 813. The third-order valence-electron chi connectivity index (χ3n) is 5.00. The first kappa shape index (κ1) is 20.5. The molecule has 0 bridgehead atoms. The normalized spacial score (nSPS) is 18.4. The Morgan fingerprint density at radius 3 is 2.10 bits per heavy atom. The molecule has 2 aromatic rings. The third-order valence-corrected chi connectivity index (χ3v) is 5.00. The highest BCUT2D eigenvalue weighted by Gasteiger charge is 2.23. The van der Waals surface area contributed by atoms with Gasteiger partial charge in [0.2, 0.25) is 0 Å². The number of amides is 3. The van der Waals surface area contributed by atoms with E-state index in [1.54, 1.807) is 50.6 Å². The maximum Gasteiger partial charge on any atom is 0.319 e. The molecule has 1 saturated carbocycles. The first-order valence-corrected chi connectivity index (χ1v) is 9.77. The maximum atomic E-state index is 12.2. The van der Waals surface area contributed by atoms with Gasteiger partial charge < -0.3 is 25.4 Å². The Balaban J connectivity index is 1.41. The largest absolute Gasteiger partial charge is 0.497 e. The lowest BCUT2D eigenvalue weighted by molar-refractivity contribution is 0.0963. The highest BCUT2D eigenvalue weighted by atomic mass is 16.5. The van der Waals surface area contributed by atoms with E-state index in [-0.39, 0.29) is 24.1 Å². The Morgan fingerprint density at radius 2 is 1.52 bits per heavy atom. The van der Waals surface area contributed by atoms with Crippen molar-refractivity contribution in [3.05, 3.63) is 54.1 Å². The van der Waals surface area contributed by atoms with E-state index >= 15 is 0 Å². The van der Waals surface area contributed by atoms with Crippen LogP contribution in [0.5, 0.6) is 11.5 Å². The predicted molar refractivity (Wildman–Crippen MR) is 112 cm³/mol. The van der Waals surface area contributed by atoms with Gasteiger partial charge in [-0.1, -0.05) is 0 Å². The molecule has 0 saturated heterocycles. The molecule has 3 amide bonds. The minimum atomic E-state index is -0.204. The number of carbonyl (C=O) groups excluding carboxylic acids is 2. The van der Waals surface area contributed by atoms with Crippen molar-refractivity contribution in [2.45, 2.75) is 37.8 Å². The smallest absolute Gasteiger partial charge is 0.319 e. The molecule has 1 fully saturated rings. The fraction of sp³-hybridized carbons (Fsp3) is 0.364. The molecule has 0 aliphatic heterocycles. The minimum Gasteiger partial charge on any atom is -0.497 e. The summed E-state index contributed by atoms with van der Waals surface area (Å²) in [6.07, 6.45) is 3.56. The van der Waals surface area contributed by atoms with E-state index < -0.39 is 0 Å². The van der Waals surface area contributed by atoms with Crippen molar-refractivity contribution in [3.8, 4) is 11.5 Å². The number of ether oxygens (including phenoxy) is 2. The number of nitrogens with one attached hydrogen (secondary N) is 3. The van der Waals surface area contributed by atoms with E-state index in [9.17, 15) is 9.59 Å². The lowest BCUT2D eigenvalue weighted by atomic mass is 9.93. The summed E-state index contributed by atoms with van der Waals surface area (Å²) in [4.78, 5) is 23.8. The number of urea groups is 1. The molecule has 154 valence electrons. The molecular weight excluding hydrogens is 370 g/mol. The molecule has 0 aromatic heterocycles. The molecule has 7 nitrogen and oxygen atoms in total. The van der Waals surface area contributed by atoms with Crippen LogP contribution >= 0.6 is 0 Å². The lowest BCUT2D eigenvalue weighted by Gasteiger charge is -2.29. The zero-order valence-electron chi connectivity index (χ0n) is 16.7. The second-order valence-corrected chi connectivity index (χ2v) is 7.02. The van der Waals surface area contributed by atoms with Gasteiger partial charge in [-0.15, -0.1) is 0 Å². The quantitative estimate of drug-likeness (QED) is 0.695. The third kappa shape index (κ3) is 5.88. The van der Waals surface area contributed by atoms with Crippen molar-refractivity contribution in [1.82, 2.24) is 10.6 Å². The predicted octanol–water partition coefficient (Wildman–Crippen LogP) is 3.57. The van der Waals surface area contributed by atoms with Gasteiger partial charge >= 0.3 is 6.03 Å². The van der Waals surface area contributed by atoms with Gasteiger partial charge in [-0.3, -0.25) is 4.79 Å². The monoisotopic (exact) mass is 397 g/mol. The molecule has 0 atom stereocenters. The topological polar surface area (TPSA) is 88.7 Å². The molecule has 29 heavy (non-hydrogen) atoms. The SMILES string of the molecule is CNC(=O)c1ccc(OC2CCC(NC(=O)Nc3ccc(OC)cc3)CC2)cc1. The second-order valence-electron chi connectivity index (χ2n) is 7.02. The number of anilines is 1. The van der Waals surface area contributed by atoms with Crippen molar-refractivity contribution in [3.63, 3.8) is 0 Å².